The normalized spacial score (nSPS) is 17.9. The predicted molar refractivity (Wildman–Crippen MR) is 95.4 cm³/mol. The number of benzene rings is 2. The summed E-state index contributed by atoms with van der Waals surface area (Å²) >= 11 is 3.26. The standard InChI is InChI=1S/C19H15BrFNO3/c1-12(13-5-3-2-4-6-13)16-11-25-19(24)22(16)18(23)17(21)14-7-9-15(20)10-8-14/h2-10,16-17H,1,11H2/t16-,17+/m0/s1. The maximum absolute atomic E-state index is 14.7. The Bertz CT molecular complexity index is 807. The zero-order valence-electron chi connectivity index (χ0n) is 13.2. The van der Waals surface area contributed by atoms with Crippen LogP contribution in [0.25, 0.3) is 5.57 Å². The smallest absolute Gasteiger partial charge is 0.417 e. The Morgan fingerprint density at radius 1 is 1.20 bits per heavy atom. The minimum absolute atomic E-state index is 0.0364. The van der Waals surface area contributed by atoms with E-state index in [4.69, 9.17) is 4.74 Å². The number of amides is 2. The molecular formula is C19H15BrFNO3. The van der Waals surface area contributed by atoms with Gasteiger partial charge in [0.15, 0.2) is 0 Å². The quantitative estimate of drug-likeness (QED) is 0.753. The van der Waals surface area contributed by atoms with Gasteiger partial charge in [-0.2, -0.15) is 0 Å². The van der Waals surface area contributed by atoms with Crippen LogP contribution in [0, 0.1) is 0 Å². The molecule has 2 aromatic rings. The number of imide groups is 1. The van der Waals surface area contributed by atoms with Crippen molar-refractivity contribution in [2.24, 2.45) is 0 Å². The van der Waals surface area contributed by atoms with Gasteiger partial charge in [0, 0.05) is 4.47 Å². The van der Waals surface area contributed by atoms with Crippen LogP contribution in [0.5, 0.6) is 0 Å². The second-order valence-corrected chi connectivity index (χ2v) is 6.52. The molecule has 0 aromatic heterocycles. The maximum Gasteiger partial charge on any atom is 0.417 e. The number of carbonyl (C=O) groups excluding carboxylic acids is 2. The Kier molecular flexibility index (Phi) is 4.99. The molecule has 2 atom stereocenters. The molecule has 4 nitrogen and oxygen atoms in total. The van der Waals surface area contributed by atoms with Crippen molar-refractivity contribution in [3.63, 3.8) is 0 Å². The molecule has 2 aromatic carbocycles. The van der Waals surface area contributed by atoms with Crippen LogP contribution >= 0.6 is 15.9 Å². The number of carbonyl (C=O) groups is 2. The van der Waals surface area contributed by atoms with Gasteiger partial charge in [0.05, 0.1) is 0 Å². The van der Waals surface area contributed by atoms with Crippen molar-refractivity contribution in [2.45, 2.75) is 12.2 Å². The van der Waals surface area contributed by atoms with Crippen molar-refractivity contribution in [3.05, 3.63) is 76.8 Å². The van der Waals surface area contributed by atoms with Crippen molar-refractivity contribution in [2.75, 3.05) is 6.61 Å². The molecule has 0 aliphatic carbocycles. The zero-order chi connectivity index (χ0) is 18.0. The van der Waals surface area contributed by atoms with Gasteiger partial charge >= 0.3 is 6.09 Å². The summed E-state index contributed by atoms with van der Waals surface area (Å²) < 4.78 is 20.4. The van der Waals surface area contributed by atoms with E-state index >= 15 is 0 Å². The van der Waals surface area contributed by atoms with E-state index in [0.29, 0.717) is 5.57 Å². The Morgan fingerprint density at radius 3 is 2.48 bits per heavy atom. The summed E-state index contributed by atoms with van der Waals surface area (Å²) in [5, 5.41) is 0. The van der Waals surface area contributed by atoms with E-state index in [2.05, 4.69) is 22.5 Å². The molecule has 1 aliphatic rings. The number of hydrogen-bond donors (Lipinski definition) is 0. The molecule has 25 heavy (non-hydrogen) atoms. The van der Waals surface area contributed by atoms with Gasteiger partial charge in [-0.3, -0.25) is 4.79 Å². The largest absolute Gasteiger partial charge is 0.446 e. The van der Waals surface area contributed by atoms with Gasteiger partial charge in [-0.1, -0.05) is 65.0 Å². The number of rotatable bonds is 4. The highest BCUT2D eigenvalue weighted by Crippen LogP contribution is 2.30. The molecule has 3 rings (SSSR count). The number of halogens is 2. The number of nitrogens with zero attached hydrogens (tertiary/aromatic N) is 1. The fourth-order valence-corrected chi connectivity index (χ4v) is 2.93. The summed E-state index contributed by atoms with van der Waals surface area (Å²) in [6, 6.07) is 14.7. The van der Waals surface area contributed by atoms with Crippen LogP contribution in [0.1, 0.15) is 17.3 Å². The Morgan fingerprint density at radius 2 is 1.84 bits per heavy atom. The third-order valence-electron chi connectivity index (χ3n) is 4.04. The first-order valence-electron chi connectivity index (χ1n) is 7.62. The van der Waals surface area contributed by atoms with Crippen LogP contribution < -0.4 is 0 Å². The molecule has 0 N–H and O–H groups in total. The highest BCUT2D eigenvalue weighted by atomic mass is 79.9. The van der Waals surface area contributed by atoms with Crippen LogP contribution in [-0.4, -0.2) is 29.5 Å². The monoisotopic (exact) mass is 403 g/mol. The van der Waals surface area contributed by atoms with Crippen LogP contribution in [-0.2, 0) is 9.53 Å². The average molecular weight is 404 g/mol. The van der Waals surface area contributed by atoms with E-state index in [9.17, 15) is 14.0 Å². The summed E-state index contributed by atoms with van der Waals surface area (Å²) in [6.45, 7) is 3.93. The molecule has 0 saturated carbocycles. The van der Waals surface area contributed by atoms with Crippen molar-refractivity contribution in [1.82, 2.24) is 4.90 Å². The first-order valence-corrected chi connectivity index (χ1v) is 8.42. The van der Waals surface area contributed by atoms with E-state index in [1.165, 1.54) is 12.1 Å². The van der Waals surface area contributed by atoms with Gasteiger partial charge < -0.3 is 4.74 Å². The van der Waals surface area contributed by atoms with E-state index in [1.807, 2.05) is 30.3 Å². The van der Waals surface area contributed by atoms with Crippen LogP contribution in [0.2, 0.25) is 0 Å². The van der Waals surface area contributed by atoms with Gasteiger partial charge in [0.2, 0.25) is 6.17 Å². The summed E-state index contributed by atoms with van der Waals surface area (Å²) in [4.78, 5) is 25.4. The molecule has 0 unspecified atom stereocenters. The second kappa shape index (κ2) is 7.19. The average Bonchev–Trinajstić information content (AvgIpc) is 3.02. The van der Waals surface area contributed by atoms with Gasteiger partial charge in [-0.05, 0) is 28.8 Å². The molecule has 1 saturated heterocycles. The molecule has 2 amide bonds. The SMILES string of the molecule is C=C(c1ccccc1)[C@@H]1COC(=O)N1C(=O)[C@H](F)c1ccc(Br)cc1. The number of ether oxygens (including phenoxy) is 1. The number of cyclic esters (lactones) is 1. The number of alkyl halides is 1. The lowest BCUT2D eigenvalue weighted by Gasteiger charge is -2.23. The molecule has 0 radical (unpaired) electrons. The molecule has 128 valence electrons. The first-order chi connectivity index (χ1) is 12.0. The fraction of sp³-hybridized carbons (Fsp3) is 0.158. The van der Waals surface area contributed by atoms with Crippen LogP contribution in [0.15, 0.2) is 65.6 Å². The lowest BCUT2D eigenvalue weighted by Crippen LogP contribution is -2.41. The Hall–Kier alpha value is -2.47. The van der Waals surface area contributed by atoms with Gasteiger partial charge in [0.1, 0.15) is 12.6 Å². The highest BCUT2D eigenvalue weighted by Gasteiger charge is 2.42. The lowest BCUT2D eigenvalue weighted by molar-refractivity contribution is -0.134. The predicted octanol–water partition coefficient (Wildman–Crippen LogP) is 4.52. The minimum Gasteiger partial charge on any atom is -0.446 e. The van der Waals surface area contributed by atoms with Crippen molar-refractivity contribution in [1.29, 1.82) is 0 Å². The summed E-state index contributed by atoms with van der Waals surface area (Å²) in [5.41, 5.74) is 1.47. The number of hydrogen-bond acceptors (Lipinski definition) is 3. The molecule has 1 aliphatic heterocycles. The summed E-state index contributed by atoms with van der Waals surface area (Å²) in [5.74, 6) is -0.952. The van der Waals surface area contributed by atoms with E-state index in [-0.39, 0.29) is 12.2 Å². The maximum atomic E-state index is 14.7. The van der Waals surface area contributed by atoms with Gasteiger partial charge in [0.25, 0.3) is 5.91 Å². The molecule has 6 heteroatoms. The van der Waals surface area contributed by atoms with Gasteiger partial charge in [-0.15, -0.1) is 0 Å². The fourth-order valence-electron chi connectivity index (χ4n) is 2.66. The second-order valence-electron chi connectivity index (χ2n) is 5.61. The summed E-state index contributed by atoms with van der Waals surface area (Å²) in [6.07, 6.45) is -2.81. The Balaban J connectivity index is 1.85. The Labute approximate surface area is 153 Å². The van der Waals surface area contributed by atoms with Gasteiger partial charge in [-0.25, -0.2) is 14.1 Å². The van der Waals surface area contributed by atoms with Crippen molar-refractivity contribution < 1.29 is 18.7 Å². The molecular weight excluding hydrogens is 389 g/mol. The lowest BCUT2D eigenvalue weighted by atomic mass is 9.99. The molecule has 0 spiro atoms. The third kappa shape index (κ3) is 3.49. The molecule has 0 bridgehead atoms. The van der Waals surface area contributed by atoms with E-state index < -0.39 is 24.2 Å². The van der Waals surface area contributed by atoms with Crippen molar-refractivity contribution in [3.8, 4) is 0 Å². The molecule has 1 fully saturated rings. The van der Waals surface area contributed by atoms with E-state index in [0.717, 1.165) is 14.9 Å². The van der Waals surface area contributed by atoms with E-state index in [1.54, 1.807) is 12.1 Å². The third-order valence-corrected chi connectivity index (χ3v) is 4.57. The van der Waals surface area contributed by atoms with Crippen molar-refractivity contribution >= 4 is 33.5 Å². The topological polar surface area (TPSA) is 46.6 Å². The first kappa shape index (κ1) is 17.4. The summed E-state index contributed by atoms with van der Waals surface area (Å²) in [7, 11) is 0. The highest BCUT2D eigenvalue weighted by molar-refractivity contribution is 9.10. The minimum atomic E-state index is -1.95. The van der Waals surface area contributed by atoms with Crippen LogP contribution in [0.3, 0.4) is 0 Å². The zero-order valence-corrected chi connectivity index (χ0v) is 14.8. The van der Waals surface area contributed by atoms with Crippen LogP contribution in [0.4, 0.5) is 9.18 Å². The molecule has 1 heterocycles.